The van der Waals surface area contributed by atoms with Gasteiger partial charge in [-0.1, -0.05) is 13.8 Å². The Morgan fingerprint density at radius 2 is 1.92 bits per heavy atom. The van der Waals surface area contributed by atoms with Crippen LogP contribution in [-0.4, -0.2) is 39.3 Å². The van der Waals surface area contributed by atoms with Gasteiger partial charge in [-0.3, -0.25) is 4.99 Å². The Hall–Kier alpha value is -0.960. The molecule has 0 unspecified atom stereocenters. The van der Waals surface area contributed by atoms with Gasteiger partial charge in [-0.05, 0) is 42.5 Å². The van der Waals surface area contributed by atoms with Crippen molar-refractivity contribution in [1.82, 2.24) is 10.6 Å². The van der Waals surface area contributed by atoms with E-state index in [4.69, 9.17) is 4.74 Å². The summed E-state index contributed by atoms with van der Waals surface area (Å²) in [6.07, 6.45) is 1.27. The van der Waals surface area contributed by atoms with Gasteiger partial charge in [0, 0.05) is 33.4 Å². The number of hydrogen-bond donors (Lipinski definition) is 2. The van der Waals surface area contributed by atoms with Gasteiger partial charge in [0.25, 0.3) is 0 Å². The van der Waals surface area contributed by atoms with Crippen molar-refractivity contribution in [3.05, 3.63) is 35.4 Å². The van der Waals surface area contributed by atoms with Crippen molar-refractivity contribution in [3.8, 4) is 0 Å². The summed E-state index contributed by atoms with van der Waals surface area (Å²) in [5.74, 6) is 0.370. The van der Waals surface area contributed by atoms with Crippen molar-refractivity contribution >= 4 is 29.9 Å². The summed E-state index contributed by atoms with van der Waals surface area (Å²) < 4.78 is 32.1. The summed E-state index contributed by atoms with van der Waals surface area (Å²) in [4.78, 5) is 4.09. The van der Waals surface area contributed by atoms with Crippen molar-refractivity contribution in [3.63, 3.8) is 0 Å². The predicted octanol–water partition coefficient (Wildman–Crippen LogP) is 3.35. The van der Waals surface area contributed by atoms with Crippen LogP contribution >= 0.6 is 24.0 Å². The van der Waals surface area contributed by atoms with Crippen LogP contribution in [0.15, 0.2) is 23.2 Å². The van der Waals surface area contributed by atoms with E-state index in [1.165, 1.54) is 6.07 Å². The Bertz CT molecular complexity index is 499. The van der Waals surface area contributed by atoms with Gasteiger partial charge >= 0.3 is 0 Å². The minimum Gasteiger partial charge on any atom is -0.381 e. The highest BCUT2D eigenvalue weighted by Crippen LogP contribution is 2.09. The van der Waals surface area contributed by atoms with Gasteiger partial charge in [-0.15, -0.1) is 24.0 Å². The van der Waals surface area contributed by atoms with Gasteiger partial charge < -0.3 is 15.4 Å². The lowest BCUT2D eigenvalue weighted by molar-refractivity contribution is 0.108. The third kappa shape index (κ3) is 10.0. The number of rotatable bonds is 9. The van der Waals surface area contributed by atoms with Crippen molar-refractivity contribution in [1.29, 1.82) is 0 Å². The zero-order chi connectivity index (χ0) is 17.1. The van der Waals surface area contributed by atoms with Gasteiger partial charge in [0.15, 0.2) is 5.96 Å². The van der Waals surface area contributed by atoms with Gasteiger partial charge in [0.2, 0.25) is 0 Å². The monoisotopic (exact) mass is 455 g/mol. The normalized spacial score (nSPS) is 11.3. The maximum atomic E-state index is 13.5. The van der Waals surface area contributed by atoms with Crippen molar-refractivity contribution in [2.24, 2.45) is 10.9 Å². The zero-order valence-electron chi connectivity index (χ0n) is 14.6. The molecule has 2 N–H and O–H groups in total. The number of hydrogen-bond acceptors (Lipinski definition) is 2. The van der Waals surface area contributed by atoms with E-state index in [9.17, 15) is 8.78 Å². The summed E-state index contributed by atoms with van der Waals surface area (Å²) >= 11 is 0. The lowest BCUT2D eigenvalue weighted by Gasteiger charge is -2.12. The highest BCUT2D eigenvalue weighted by molar-refractivity contribution is 14.0. The molecule has 0 aliphatic heterocycles. The molecule has 0 fully saturated rings. The molecular formula is C17H28F2IN3O. The van der Waals surface area contributed by atoms with Crippen LogP contribution in [0.2, 0.25) is 0 Å². The Kier molecular flexibility index (Phi) is 12.8. The molecule has 0 heterocycles. The molecule has 0 saturated carbocycles. The number of aliphatic imine (C=N–C) groups is 1. The fourth-order valence-corrected chi connectivity index (χ4v) is 1.97. The molecule has 0 amide bonds. The van der Waals surface area contributed by atoms with Crippen LogP contribution in [0.25, 0.3) is 0 Å². The van der Waals surface area contributed by atoms with Gasteiger partial charge in [-0.25, -0.2) is 8.78 Å². The number of nitrogens with zero attached hydrogens (tertiary/aromatic N) is 1. The summed E-state index contributed by atoms with van der Waals surface area (Å²) in [7, 11) is 1.67. The highest BCUT2D eigenvalue weighted by atomic mass is 127. The number of guanidine groups is 1. The van der Waals surface area contributed by atoms with Crippen LogP contribution in [0.1, 0.15) is 25.8 Å². The second kappa shape index (κ2) is 13.3. The third-order valence-corrected chi connectivity index (χ3v) is 3.13. The summed E-state index contributed by atoms with van der Waals surface area (Å²) in [6, 6.07) is 3.49. The molecule has 0 aromatic heterocycles. The molecule has 0 radical (unpaired) electrons. The molecule has 24 heavy (non-hydrogen) atoms. The van der Waals surface area contributed by atoms with E-state index >= 15 is 0 Å². The molecule has 1 aromatic rings. The number of ether oxygens (including phenoxy) is 1. The van der Waals surface area contributed by atoms with Crippen LogP contribution in [0, 0.1) is 17.6 Å². The second-order valence-corrected chi connectivity index (χ2v) is 5.73. The maximum absolute atomic E-state index is 13.5. The van der Waals surface area contributed by atoms with E-state index in [0.717, 1.165) is 31.7 Å². The molecule has 0 atom stereocenters. The Morgan fingerprint density at radius 1 is 1.21 bits per heavy atom. The summed E-state index contributed by atoms with van der Waals surface area (Å²) in [5, 5.41) is 6.24. The predicted molar refractivity (Wildman–Crippen MR) is 105 cm³/mol. The van der Waals surface area contributed by atoms with Crippen molar-refractivity contribution < 1.29 is 13.5 Å². The Morgan fingerprint density at radius 3 is 2.58 bits per heavy atom. The maximum Gasteiger partial charge on any atom is 0.190 e. The first-order valence-corrected chi connectivity index (χ1v) is 7.99. The SMILES string of the molecule is CN=C(NCCCOCC(C)C)NCCc1cc(F)ccc1F.I. The summed E-state index contributed by atoms with van der Waals surface area (Å²) in [6.45, 7) is 6.93. The quantitative estimate of drug-likeness (QED) is 0.260. The van der Waals surface area contributed by atoms with Crippen LogP contribution in [0.5, 0.6) is 0 Å². The number of halogens is 3. The molecule has 1 aromatic carbocycles. The first-order valence-electron chi connectivity index (χ1n) is 7.99. The van der Waals surface area contributed by atoms with Crippen LogP contribution in [-0.2, 0) is 11.2 Å². The smallest absolute Gasteiger partial charge is 0.190 e. The molecule has 0 spiro atoms. The summed E-state index contributed by atoms with van der Waals surface area (Å²) in [5.41, 5.74) is 0.357. The van der Waals surface area contributed by atoms with Crippen LogP contribution in [0.3, 0.4) is 0 Å². The molecule has 0 aliphatic rings. The molecule has 0 aliphatic carbocycles. The van der Waals surface area contributed by atoms with E-state index in [1.54, 1.807) is 7.05 Å². The van der Waals surface area contributed by atoms with Crippen molar-refractivity contribution in [2.45, 2.75) is 26.7 Å². The largest absolute Gasteiger partial charge is 0.381 e. The molecule has 1 rings (SSSR count). The van der Waals surface area contributed by atoms with E-state index in [0.29, 0.717) is 37.0 Å². The van der Waals surface area contributed by atoms with E-state index in [2.05, 4.69) is 29.5 Å². The molecular weight excluding hydrogens is 427 g/mol. The molecule has 7 heteroatoms. The van der Waals surface area contributed by atoms with Crippen molar-refractivity contribution in [2.75, 3.05) is 33.4 Å². The number of nitrogens with one attached hydrogen (secondary N) is 2. The topological polar surface area (TPSA) is 45.7 Å². The van der Waals surface area contributed by atoms with Gasteiger partial charge in [0.05, 0.1) is 0 Å². The third-order valence-electron chi connectivity index (χ3n) is 3.13. The van der Waals surface area contributed by atoms with Gasteiger partial charge in [-0.2, -0.15) is 0 Å². The van der Waals surface area contributed by atoms with Crippen LogP contribution < -0.4 is 10.6 Å². The van der Waals surface area contributed by atoms with E-state index in [-0.39, 0.29) is 24.0 Å². The Balaban J connectivity index is 0.00000529. The second-order valence-electron chi connectivity index (χ2n) is 5.73. The lowest BCUT2D eigenvalue weighted by atomic mass is 10.1. The lowest BCUT2D eigenvalue weighted by Crippen LogP contribution is -2.39. The highest BCUT2D eigenvalue weighted by Gasteiger charge is 2.04. The van der Waals surface area contributed by atoms with Crippen LogP contribution in [0.4, 0.5) is 8.78 Å². The Labute approximate surface area is 160 Å². The fourth-order valence-electron chi connectivity index (χ4n) is 1.97. The zero-order valence-corrected chi connectivity index (χ0v) is 16.9. The van der Waals surface area contributed by atoms with E-state index < -0.39 is 11.6 Å². The first kappa shape index (κ1) is 23.0. The first-order chi connectivity index (χ1) is 11.0. The molecule has 0 bridgehead atoms. The number of benzene rings is 1. The average Bonchev–Trinajstić information content (AvgIpc) is 2.51. The molecule has 4 nitrogen and oxygen atoms in total. The minimum absolute atomic E-state index is 0. The fraction of sp³-hybridized carbons (Fsp3) is 0.588. The van der Waals surface area contributed by atoms with Gasteiger partial charge in [0.1, 0.15) is 11.6 Å². The van der Waals surface area contributed by atoms with E-state index in [1.807, 2.05) is 0 Å². The average molecular weight is 455 g/mol. The standard InChI is InChI=1S/C17H27F2N3O.HI/c1-13(2)12-23-10-4-8-21-17(20-3)22-9-7-14-11-15(18)5-6-16(14)19;/h5-6,11,13H,4,7-10,12H2,1-3H3,(H2,20,21,22);1H. The minimum atomic E-state index is -0.426. The molecule has 138 valence electrons. The molecule has 0 saturated heterocycles.